The number of likely N-dealkylation sites (N-methyl/N-ethyl adjacent to an activating group) is 1. The van der Waals surface area contributed by atoms with E-state index in [2.05, 4.69) is 67.1 Å². The lowest BCUT2D eigenvalue weighted by atomic mass is 10.1. The molecule has 0 spiro atoms. The van der Waals surface area contributed by atoms with Crippen LogP contribution < -0.4 is 5.32 Å². The van der Waals surface area contributed by atoms with Crippen LogP contribution in [0.1, 0.15) is 41.0 Å². The molecule has 20 heavy (non-hydrogen) atoms. The summed E-state index contributed by atoms with van der Waals surface area (Å²) in [7, 11) is 2.01. The maximum absolute atomic E-state index is 4.69. The van der Waals surface area contributed by atoms with E-state index in [1.54, 1.807) is 0 Å². The van der Waals surface area contributed by atoms with Crippen molar-refractivity contribution in [2.75, 3.05) is 7.05 Å². The van der Waals surface area contributed by atoms with Gasteiger partial charge in [-0.25, -0.2) is 0 Å². The Morgan fingerprint density at radius 1 is 1.15 bits per heavy atom. The molecule has 2 rings (SSSR count). The minimum absolute atomic E-state index is 0.290. The Morgan fingerprint density at radius 3 is 2.30 bits per heavy atom. The molecule has 1 atom stereocenters. The third-order valence-corrected chi connectivity index (χ3v) is 4.07. The normalized spacial score (nSPS) is 12.7. The summed E-state index contributed by atoms with van der Waals surface area (Å²) in [4.78, 5) is 0. The van der Waals surface area contributed by atoms with Gasteiger partial charge in [0.15, 0.2) is 0 Å². The number of hydrogen-bond acceptors (Lipinski definition) is 2. The zero-order valence-corrected chi connectivity index (χ0v) is 13.2. The van der Waals surface area contributed by atoms with Crippen molar-refractivity contribution in [3.8, 4) is 0 Å². The van der Waals surface area contributed by atoms with Gasteiger partial charge in [0.1, 0.15) is 0 Å². The summed E-state index contributed by atoms with van der Waals surface area (Å²) in [5.41, 5.74) is 6.43. The molecule has 0 aliphatic carbocycles. The average Bonchev–Trinajstić information content (AvgIpc) is 2.71. The molecule has 2 aromatic rings. The van der Waals surface area contributed by atoms with E-state index in [0.717, 1.165) is 18.7 Å². The van der Waals surface area contributed by atoms with E-state index in [4.69, 9.17) is 0 Å². The SMILES string of the molecule is CCc1c(C)nn(CC(NC)c2ccc(C)cc2)c1C. The first-order chi connectivity index (χ1) is 9.56. The zero-order chi connectivity index (χ0) is 14.7. The zero-order valence-electron chi connectivity index (χ0n) is 13.2. The van der Waals surface area contributed by atoms with Gasteiger partial charge in [-0.1, -0.05) is 36.8 Å². The van der Waals surface area contributed by atoms with E-state index in [9.17, 15) is 0 Å². The number of benzene rings is 1. The van der Waals surface area contributed by atoms with E-state index in [1.165, 1.54) is 22.4 Å². The molecule has 0 aliphatic rings. The molecule has 0 amide bonds. The van der Waals surface area contributed by atoms with Crippen LogP contribution in [0.5, 0.6) is 0 Å². The van der Waals surface area contributed by atoms with E-state index >= 15 is 0 Å². The number of aryl methyl sites for hydroxylation is 2. The molecule has 0 bridgehead atoms. The van der Waals surface area contributed by atoms with Gasteiger partial charge in [0.05, 0.1) is 18.3 Å². The summed E-state index contributed by atoms with van der Waals surface area (Å²) in [6.45, 7) is 9.44. The van der Waals surface area contributed by atoms with E-state index in [1.807, 2.05) is 7.05 Å². The summed E-state index contributed by atoms with van der Waals surface area (Å²) in [5.74, 6) is 0. The molecule has 3 nitrogen and oxygen atoms in total. The number of nitrogens with one attached hydrogen (secondary N) is 1. The third-order valence-electron chi connectivity index (χ3n) is 4.07. The largest absolute Gasteiger partial charge is 0.311 e. The van der Waals surface area contributed by atoms with Gasteiger partial charge in [0, 0.05) is 5.69 Å². The molecule has 1 aromatic heterocycles. The topological polar surface area (TPSA) is 29.9 Å². The molecule has 0 fully saturated rings. The van der Waals surface area contributed by atoms with Crippen LogP contribution in [-0.4, -0.2) is 16.8 Å². The fourth-order valence-corrected chi connectivity index (χ4v) is 2.76. The second-order valence-electron chi connectivity index (χ2n) is 5.44. The van der Waals surface area contributed by atoms with Crippen molar-refractivity contribution in [1.82, 2.24) is 15.1 Å². The first-order valence-electron chi connectivity index (χ1n) is 7.33. The van der Waals surface area contributed by atoms with Crippen molar-refractivity contribution >= 4 is 0 Å². The minimum atomic E-state index is 0.290. The molecular weight excluding hydrogens is 246 g/mol. The van der Waals surface area contributed by atoms with E-state index in [-0.39, 0.29) is 0 Å². The van der Waals surface area contributed by atoms with Crippen molar-refractivity contribution in [2.24, 2.45) is 0 Å². The predicted molar refractivity (Wildman–Crippen MR) is 84.1 cm³/mol. The molecule has 3 heteroatoms. The van der Waals surface area contributed by atoms with E-state index in [0.29, 0.717) is 6.04 Å². The second-order valence-corrected chi connectivity index (χ2v) is 5.44. The lowest BCUT2D eigenvalue weighted by Crippen LogP contribution is -2.23. The Bertz CT molecular complexity index is 567. The molecule has 0 radical (unpaired) electrons. The van der Waals surface area contributed by atoms with Crippen LogP contribution in [0, 0.1) is 20.8 Å². The van der Waals surface area contributed by atoms with Gasteiger partial charge in [-0.05, 0) is 45.4 Å². The van der Waals surface area contributed by atoms with Crippen LogP contribution in [0.25, 0.3) is 0 Å². The summed E-state index contributed by atoms with van der Waals surface area (Å²) in [6, 6.07) is 9.01. The van der Waals surface area contributed by atoms with Crippen molar-refractivity contribution in [3.05, 3.63) is 52.3 Å². The van der Waals surface area contributed by atoms with Gasteiger partial charge in [-0.3, -0.25) is 4.68 Å². The molecule has 1 N–H and O–H groups in total. The third kappa shape index (κ3) is 2.93. The number of nitrogens with zero attached hydrogens (tertiary/aromatic N) is 2. The first-order valence-corrected chi connectivity index (χ1v) is 7.33. The van der Waals surface area contributed by atoms with Crippen molar-refractivity contribution in [1.29, 1.82) is 0 Å². The van der Waals surface area contributed by atoms with Gasteiger partial charge >= 0.3 is 0 Å². The summed E-state index contributed by atoms with van der Waals surface area (Å²) >= 11 is 0. The Labute approximate surface area is 122 Å². The summed E-state index contributed by atoms with van der Waals surface area (Å²) < 4.78 is 2.13. The Hall–Kier alpha value is -1.61. The predicted octanol–water partition coefficient (Wildman–Crippen LogP) is 3.33. The maximum atomic E-state index is 4.69. The Morgan fingerprint density at radius 2 is 1.80 bits per heavy atom. The molecule has 0 saturated carbocycles. The molecule has 1 aromatic carbocycles. The number of aromatic nitrogens is 2. The van der Waals surface area contributed by atoms with Gasteiger partial charge in [-0.15, -0.1) is 0 Å². The fraction of sp³-hybridized carbons (Fsp3) is 0.471. The second kappa shape index (κ2) is 6.23. The van der Waals surface area contributed by atoms with Crippen LogP contribution in [0.2, 0.25) is 0 Å². The molecule has 1 unspecified atom stereocenters. The lowest BCUT2D eigenvalue weighted by Gasteiger charge is -2.18. The Kier molecular flexibility index (Phi) is 4.61. The highest BCUT2D eigenvalue weighted by molar-refractivity contribution is 5.26. The number of hydrogen-bond donors (Lipinski definition) is 1. The average molecular weight is 271 g/mol. The molecule has 0 saturated heterocycles. The smallest absolute Gasteiger partial charge is 0.0628 e. The van der Waals surface area contributed by atoms with Gasteiger partial charge in [-0.2, -0.15) is 5.10 Å². The van der Waals surface area contributed by atoms with E-state index < -0.39 is 0 Å². The highest BCUT2D eigenvalue weighted by Crippen LogP contribution is 2.19. The molecule has 1 heterocycles. The van der Waals surface area contributed by atoms with Gasteiger partial charge < -0.3 is 5.32 Å². The highest BCUT2D eigenvalue weighted by atomic mass is 15.3. The van der Waals surface area contributed by atoms with Crippen LogP contribution in [0.15, 0.2) is 24.3 Å². The fourth-order valence-electron chi connectivity index (χ4n) is 2.76. The van der Waals surface area contributed by atoms with Crippen molar-refractivity contribution < 1.29 is 0 Å². The van der Waals surface area contributed by atoms with Crippen LogP contribution in [0.3, 0.4) is 0 Å². The van der Waals surface area contributed by atoms with Gasteiger partial charge in [0.2, 0.25) is 0 Å². The van der Waals surface area contributed by atoms with Crippen molar-refractivity contribution in [2.45, 2.75) is 46.7 Å². The highest BCUT2D eigenvalue weighted by Gasteiger charge is 2.15. The Balaban J connectivity index is 2.24. The number of rotatable bonds is 5. The van der Waals surface area contributed by atoms with Crippen molar-refractivity contribution in [3.63, 3.8) is 0 Å². The minimum Gasteiger partial charge on any atom is -0.311 e. The van der Waals surface area contributed by atoms with Gasteiger partial charge in [0.25, 0.3) is 0 Å². The van der Waals surface area contributed by atoms with Crippen LogP contribution in [-0.2, 0) is 13.0 Å². The molecule has 108 valence electrons. The maximum Gasteiger partial charge on any atom is 0.0628 e. The summed E-state index contributed by atoms with van der Waals surface area (Å²) in [6.07, 6.45) is 1.05. The lowest BCUT2D eigenvalue weighted by molar-refractivity contribution is 0.459. The first kappa shape index (κ1) is 14.8. The standard InChI is InChI=1S/C17H25N3/c1-6-16-13(3)19-20(14(16)4)11-17(18-5)15-9-7-12(2)8-10-15/h7-10,17-18H,6,11H2,1-5H3. The van der Waals surface area contributed by atoms with Crippen LogP contribution >= 0.6 is 0 Å². The summed E-state index contributed by atoms with van der Waals surface area (Å²) in [5, 5.41) is 8.09. The molecular formula is C17H25N3. The molecule has 0 aliphatic heterocycles. The monoisotopic (exact) mass is 271 g/mol. The quantitative estimate of drug-likeness (QED) is 0.904. The van der Waals surface area contributed by atoms with Crippen LogP contribution in [0.4, 0.5) is 0 Å².